The van der Waals surface area contributed by atoms with Gasteiger partial charge >= 0.3 is 0 Å². The lowest BCUT2D eigenvalue weighted by molar-refractivity contribution is 0.387. The molecule has 2 atom stereocenters. The zero-order valence-corrected chi connectivity index (χ0v) is 14.4. The van der Waals surface area contributed by atoms with Crippen molar-refractivity contribution in [3.8, 4) is 0 Å². The van der Waals surface area contributed by atoms with Gasteiger partial charge in [-0.05, 0) is 43.7 Å². The Morgan fingerprint density at radius 2 is 1.92 bits per heavy atom. The average Bonchev–Trinajstić information content (AvgIpc) is 3.05. The first-order chi connectivity index (χ1) is 11.7. The molecule has 0 saturated carbocycles. The summed E-state index contributed by atoms with van der Waals surface area (Å²) in [6, 6.07) is 2.49. The molecule has 0 radical (unpaired) electrons. The zero-order valence-electron chi connectivity index (χ0n) is 14.4. The summed E-state index contributed by atoms with van der Waals surface area (Å²) in [6.45, 7) is 7.19. The molecule has 0 amide bonds. The van der Waals surface area contributed by atoms with E-state index in [9.17, 15) is 0 Å². The number of nitrogens with zero attached hydrogens (tertiary/aromatic N) is 6. The fourth-order valence-corrected chi connectivity index (χ4v) is 3.90. The summed E-state index contributed by atoms with van der Waals surface area (Å²) in [5, 5.41) is 0. The number of hydrogen-bond donors (Lipinski definition) is 0. The second-order valence-electron chi connectivity index (χ2n) is 6.75. The molecule has 2 unspecified atom stereocenters. The van der Waals surface area contributed by atoms with E-state index < -0.39 is 0 Å². The molecule has 2 saturated heterocycles. The lowest BCUT2D eigenvalue weighted by Gasteiger charge is -2.39. The van der Waals surface area contributed by atoms with Gasteiger partial charge in [-0.1, -0.05) is 6.92 Å². The standard InChI is InChI=1S/C18H24N6/c1-3-14-10-20-18(21-11-14)24-9-6-15-5-8-23(12-16(15)24)17-4-7-19-13(2)22-17/h4,7,10-11,15-16H,3,5-6,8-9,12H2,1-2H3. The molecule has 2 fully saturated rings. The summed E-state index contributed by atoms with van der Waals surface area (Å²) in [5.74, 6) is 3.48. The van der Waals surface area contributed by atoms with Crippen LogP contribution in [0, 0.1) is 12.8 Å². The van der Waals surface area contributed by atoms with E-state index in [1.165, 1.54) is 18.4 Å². The molecule has 126 valence electrons. The number of rotatable bonds is 3. The van der Waals surface area contributed by atoms with Crippen molar-refractivity contribution in [2.45, 2.75) is 39.2 Å². The summed E-state index contributed by atoms with van der Waals surface area (Å²) >= 11 is 0. The molecule has 0 bridgehead atoms. The summed E-state index contributed by atoms with van der Waals surface area (Å²) in [6.07, 6.45) is 9.20. The Kier molecular flexibility index (Phi) is 4.04. The number of aromatic nitrogens is 4. The van der Waals surface area contributed by atoms with E-state index in [-0.39, 0.29) is 0 Å². The van der Waals surface area contributed by atoms with Gasteiger partial charge in [-0.2, -0.15) is 0 Å². The minimum absolute atomic E-state index is 0.474. The Bertz CT molecular complexity index is 701. The van der Waals surface area contributed by atoms with E-state index >= 15 is 0 Å². The van der Waals surface area contributed by atoms with Crippen LogP contribution in [-0.2, 0) is 6.42 Å². The van der Waals surface area contributed by atoms with Gasteiger partial charge in [-0.15, -0.1) is 0 Å². The zero-order chi connectivity index (χ0) is 16.5. The van der Waals surface area contributed by atoms with Crippen LogP contribution >= 0.6 is 0 Å². The van der Waals surface area contributed by atoms with Crippen LogP contribution in [0.25, 0.3) is 0 Å². The highest BCUT2D eigenvalue weighted by atomic mass is 15.3. The Labute approximate surface area is 143 Å². The summed E-state index contributed by atoms with van der Waals surface area (Å²) in [7, 11) is 0. The molecule has 24 heavy (non-hydrogen) atoms. The third-order valence-electron chi connectivity index (χ3n) is 5.30. The number of aryl methyl sites for hydroxylation is 2. The topological polar surface area (TPSA) is 58.0 Å². The predicted molar refractivity (Wildman–Crippen MR) is 94.3 cm³/mol. The molecule has 4 heterocycles. The summed E-state index contributed by atoms with van der Waals surface area (Å²) in [5.41, 5.74) is 1.19. The Hall–Kier alpha value is -2.24. The van der Waals surface area contributed by atoms with Crippen LogP contribution in [0.3, 0.4) is 0 Å². The van der Waals surface area contributed by atoms with E-state index in [0.29, 0.717) is 6.04 Å². The summed E-state index contributed by atoms with van der Waals surface area (Å²) in [4.78, 5) is 22.8. The van der Waals surface area contributed by atoms with Gasteiger partial charge in [0.15, 0.2) is 0 Å². The van der Waals surface area contributed by atoms with Crippen molar-refractivity contribution in [3.63, 3.8) is 0 Å². The monoisotopic (exact) mass is 324 g/mol. The molecule has 2 aromatic rings. The Balaban J connectivity index is 1.54. The van der Waals surface area contributed by atoms with Gasteiger partial charge < -0.3 is 9.80 Å². The minimum atomic E-state index is 0.474. The van der Waals surface area contributed by atoms with Crippen molar-refractivity contribution in [3.05, 3.63) is 36.0 Å². The smallest absolute Gasteiger partial charge is 0.225 e. The van der Waals surface area contributed by atoms with Gasteiger partial charge in [0.25, 0.3) is 0 Å². The highest BCUT2D eigenvalue weighted by molar-refractivity contribution is 5.42. The van der Waals surface area contributed by atoms with E-state index in [1.807, 2.05) is 31.6 Å². The molecule has 6 heteroatoms. The van der Waals surface area contributed by atoms with Crippen LogP contribution < -0.4 is 9.80 Å². The highest BCUT2D eigenvalue weighted by Gasteiger charge is 2.39. The van der Waals surface area contributed by atoms with Gasteiger partial charge in [-0.25, -0.2) is 19.9 Å². The van der Waals surface area contributed by atoms with Gasteiger partial charge in [0, 0.05) is 38.2 Å². The molecular weight excluding hydrogens is 300 g/mol. The summed E-state index contributed by atoms with van der Waals surface area (Å²) < 4.78 is 0. The van der Waals surface area contributed by atoms with Crippen molar-refractivity contribution in [2.24, 2.45) is 5.92 Å². The molecule has 0 spiro atoms. The molecule has 2 aliphatic heterocycles. The first-order valence-corrected chi connectivity index (χ1v) is 8.86. The van der Waals surface area contributed by atoms with Crippen LogP contribution in [0.15, 0.2) is 24.7 Å². The first kappa shape index (κ1) is 15.3. The molecule has 6 nitrogen and oxygen atoms in total. The number of piperidine rings is 1. The lowest BCUT2D eigenvalue weighted by Crippen LogP contribution is -2.49. The molecule has 2 aliphatic rings. The van der Waals surface area contributed by atoms with Crippen molar-refractivity contribution < 1.29 is 0 Å². The van der Waals surface area contributed by atoms with E-state index in [1.54, 1.807) is 0 Å². The number of fused-ring (bicyclic) bond motifs is 1. The van der Waals surface area contributed by atoms with Crippen LogP contribution in [-0.4, -0.2) is 45.6 Å². The Morgan fingerprint density at radius 3 is 2.67 bits per heavy atom. The molecule has 0 N–H and O–H groups in total. The van der Waals surface area contributed by atoms with E-state index in [0.717, 1.165) is 49.6 Å². The molecule has 4 rings (SSSR count). The van der Waals surface area contributed by atoms with Crippen molar-refractivity contribution in [1.82, 2.24) is 19.9 Å². The van der Waals surface area contributed by atoms with E-state index in [4.69, 9.17) is 0 Å². The van der Waals surface area contributed by atoms with Gasteiger partial charge in [-0.3, -0.25) is 0 Å². The maximum atomic E-state index is 4.61. The van der Waals surface area contributed by atoms with Gasteiger partial charge in [0.05, 0.1) is 6.04 Å². The van der Waals surface area contributed by atoms with Crippen LogP contribution in [0.5, 0.6) is 0 Å². The second-order valence-corrected chi connectivity index (χ2v) is 6.75. The Morgan fingerprint density at radius 1 is 1.12 bits per heavy atom. The molecular formula is C18H24N6. The lowest BCUT2D eigenvalue weighted by atomic mass is 9.92. The van der Waals surface area contributed by atoms with Gasteiger partial charge in [0.1, 0.15) is 11.6 Å². The van der Waals surface area contributed by atoms with Crippen molar-refractivity contribution >= 4 is 11.8 Å². The van der Waals surface area contributed by atoms with Gasteiger partial charge in [0.2, 0.25) is 5.95 Å². The first-order valence-electron chi connectivity index (χ1n) is 8.86. The molecule has 2 aromatic heterocycles. The van der Waals surface area contributed by atoms with Crippen LogP contribution in [0.4, 0.5) is 11.8 Å². The SMILES string of the molecule is CCc1cnc(N2CCC3CCN(c4ccnc(C)n4)CC32)nc1. The minimum Gasteiger partial charge on any atom is -0.354 e. The average molecular weight is 324 g/mol. The fraction of sp³-hybridized carbons (Fsp3) is 0.556. The van der Waals surface area contributed by atoms with Crippen molar-refractivity contribution in [2.75, 3.05) is 29.4 Å². The molecule has 0 aromatic carbocycles. The van der Waals surface area contributed by atoms with E-state index in [2.05, 4.69) is 36.7 Å². The highest BCUT2D eigenvalue weighted by Crippen LogP contribution is 2.34. The maximum Gasteiger partial charge on any atom is 0.225 e. The third-order valence-corrected chi connectivity index (χ3v) is 5.30. The fourth-order valence-electron chi connectivity index (χ4n) is 3.90. The van der Waals surface area contributed by atoms with Crippen LogP contribution in [0.1, 0.15) is 31.2 Å². The predicted octanol–water partition coefficient (Wildman–Crippen LogP) is 2.24. The van der Waals surface area contributed by atoms with Crippen molar-refractivity contribution in [1.29, 1.82) is 0 Å². The largest absolute Gasteiger partial charge is 0.354 e. The second kappa shape index (κ2) is 6.34. The number of hydrogen-bond acceptors (Lipinski definition) is 6. The quantitative estimate of drug-likeness (QED) is 0.863. The van der Waals surface area contributed by atoms with Crippen LogP contribution in [0.2, 0.25) is 0 Å². The normalized spacial score (nSPS) is 23.4. The number of anilines is 2. The third kappa shape index (κ3) is 2.81. The maximum absolute atomic E-state index is 4.61. The molecule has 0 aliphatic carbocycles.